The number of fused-ring (bicyclic) bond motifs is 3. The zero-order chi connectivity index (χ0) is 19.3. The molecule has 2 heterocycles. The van der Waals surface area contributed by atoms with E-state index in [1.54, 1.807) is 0 Å². The number of rotatable bonds is 8. The molecule has 4 heteroatoms. The minimum absolute atomic E-state index is 0.807. The van der Waals surface area contributed by atoms with Crippen LogP contribution in [0, 0.1) is 0 Å². The van der Waals surface area contributed by atoms with E-state index in [1.165, 1.54) is 27.4 Å². The highest BCUT2D eigenvalue weighted by Crippen LogP contribution is 2.29. The first-order valence-electron chi connectivity index (χ1n) is 9.97. The predicted octanol–water partition coefficient (Wildman–Crippen LogP) is 4.28. The number of hydrogen-bond donors (Lipinski definition) is 1. The van der Waals surface area contributed by atoms with Gasteiger partial charge in [-0.3, -0.25) is 4.98 Å². The van der Waals surface area contributed by atoms with Crippen molar-refractivity contribution in [1.82, 2.24) is 19.8 Å². The van der Waals surface area contributed by atoms with Crippen LogP contribution in [0.15, 0.2) is 66.9 Å². The lowest BCUT2D eigenvalue weighted by atomic mass is 10.1. The van der Waals surface area contributed by atoms with Crippen LogP contribution in [0.5, 0.6) is 0 Å². The average Bonchev–Trinajstić information content (AvgIpc) is 3.02. The SMILES string of the molecule is CN(C)CCCNCc1cc2c3ccccc3n(Cc3ccccc3)c2cn1. The smallest absolute Gasteiger partial charge is 0.0681 e. The Hall–Kier alpha value is -2.69. The number of para-hydroxylation sites is 1. The lowest BCUT2D eigenvalue weighted by Gasteiger charge is -2.10. The summed E-state index contributed by atoms with van der Waals surface area (Å²) >= 11 is 0. The summed E-state index contributed by atoms with van der Waals surface area (Å²) in [5.74, 6) is 0. The molecule has 0 aliphatic rings. The zero-order valence-corrected chi connectivity index (χ0v) is 16.7. The maximum atomic E-state index is 4.74. The van der Waals surface area contributed by atoms with Crippen molar-refractivity contribution in [3.63, 3.8) is 0 Å². The van der Waals surface area contributed by atoms with Crippen LogP contribution in [0.25, 0.3) is 21.8 Å². The molecule has 1 N–H and O–H groups in total. The third-order valence-corrected chi connectivity index (χ3v) is 5.16. The molecule has 0 radical (unpaired) electrons. The molecular formula is C24H28N4. The highest BCUT2D eigenvalue weighted by atomic mass is 15.1. The van der Waals surface area contributed by atoms with Gasteiger partial charge in [-0.25, -0.2) is 0 Å². The first-order valence-corrected chi connectivity index (χ1v) is 9.97. The molecule has 0 fully saturated rings. The summed E-state index contributed by atoms with van der Waals surface area (Å²) in [4.78, 5) is 6.96. The first-order chi connectivity index (χ1) is 13.7. The Morgan fingerprint density at radius 3 is 2.54 bits per heavy atom. The molecule has 0 unspecified atom stereocenters. The van der Waals surface area contributed by atoms with Crippen molar-refractivity contribution >= 4 is 21.8 Å². The monoisotopic (exact) mass is 372 g/mol. The lowest BCUT2D eigenvalue weighted by Crippen LogP contribution is -2.21. The Bertz CT molecular complexity index is 1050. The topological polar surface area (TPSA) is 33.1 Å². The standard InChI is InChI=1S/C24H28N4/c1-27(2)14-8-13-25-16-20-15-22-21-11-6-7-12-23(21)28(24(22)17-26-20)18-19-9-4-3-5-10-19/h3-7,9-12,15,17,25H,8,13-14,16,18H2,1-2H3. The summed E-state index contributed by atoms with van der Waals surface area (Å²) in [6, 6.07) is 21.5. The fourth-order valence-corrected chi connectivity index (χ4v) is 3.76. The minimum atomic E-state index is 0.807. The third kappa shape index (κ3) is 4.08. The van der Waals surface area contributed by atoms with E-state index in [2.05, 4.69) is 89.5 Å². The van der Waals surface area contributed by atoms with Gasteiger partial charge in [0.2, 0.25) is 0 Å². The van der Waals surface area contributed by atoms with Gasteiger partial charge in [0.25, 0.3) is 0 Å². The minimum Gasteiger partial charge on any atom is -0.335 e. The number of hydrogen-bond acceptors (Lipinski definition) is 3. The van der Waals surface area contributed by atoms with E-state index in [0.29, 0.717) is 0 Å². The molecule has 0 aliphatic carbocycles. The second kappa shape index (κ2) is 8.55. The van der Waals surface area contributed by atoms with Gasteiger partial charge in [-0.15, -0.1) is 0 Å². The second-order valence-corrected chi connectivity index (χ2v) is 7.62. The number of aromatic nitrogens is 2. The Balaban J connectivity index is 1.61. The van der Waals surface area contributed by atoms with Crippen LogP contribution >= 0.6 is 0 Å². The van der Waals surface area contributed by atoms with Crippen molar-refractivity contribution in [2.24, 2.45) is 0 Å². The van der Waals surface area contributed by atoms with Crippen LogP contribution < -0.4 is 5.32 Å². The molecule has 2 aromatic carbocycles. The van der Waals surface area contributed by atoms with Crippen LogP contribution in [0.2, 0.25) is 0 Å². The van der Waals surface area contributed by atoms with Crippen molar-refractivity contribution in [3.8, 4) is 0 Å². The molecule has 144 valence electrons. The van der Waals surface area contributed by atoms with E-state index in [0.717, 1.165) is 38.3 Å². The first kappa shape index (κ1) is 18.7. The molecular weight excluding hydrogens is 344 g/mol. The van der Waals surface area contributed by atoms with Crippen molar-refractivity contribution < 1.29 is 0 Å². The molecule has 2 aromatic heterocycles. The normalized spacial score (nSPS) is 11.7. The summed E-state index contributed by atoms with van der Waals surface area (Å²) in [6.45, 7) is 3.77. The zero-order valence-electron chi connectivity index (χ0n) is 16.7. The quantitative estimate of drug-likeness (QED) is 0.469. The average molecular weight is 373 g/mol. The van der Waals surface area contributed by atoms with Crippen LogP contribution in [-0.4, -0.2) is 41.6 Å². The van der Waals surface area contributed by atoms with E-state index in [-0.39, 0.29) is 0 Å². The van der Waals surface area contributed by atoms with Gasteiger partial charge in [0, 0.05) is 29.4 Å². The van der Waals surface area contributed by atoms with Crippen molar-refractivity contribution in [2.45, 2.75) is 19.5 Å². The highest BCUT2D eigenvalue weighted by Gasteiger charge is 2.12. The summed E-state index contributed by atoms with van der Waals surface area (Å²) in [7, 11) is 4.22. The lowest BCUT2D eigenvalue weighted by molar-refractivity contribution is 0.394. The third-order valence-electron chi connectivity index (χ3n) is 5.16. The highest BCUT2D eigenvalue weighted by molar-refractivity contribution is 6.07. The van der Waals surface area contributed by atoms with E-state index in [4.69, 9.17) is 4.98 Å². The van der Waals surface area contributed by atoms with Crippen molar-refractivity contribution in [2.75, 3.05) is 27.2 Å². The van der Waals surface area contributed by atoms with Crippen LogP contribution in [0.3, 0.4) is 0 Å². The Labute approximate surface area is 166 Å². The molecule has 0 amide bonds. The van der Waals surface area contributed by atoms with Crippen LogP contribution in [-0.2, 0) is 13.1 Å². The Morgan fingerprint density at radius 2 is 1.71 bits per heavy atom. The molecule has 0 atom stereocenters. The maximum Gasteiger partial charge on any atom is 0.0681 e. The molecule has 0 saturated heterocycles. The fraction of sp³-hybridized carbons (Fsp3) is 0.292. The number of nitrogens with one attached hydrogen (secondary N) is 1. The number of nitrogens with zero attached hydrogens (tertiary/aromatic N) is 3. The van der Waals surface area contributed by atoms with Crippen molar-refractivity contribution in [1.29, 1.82) is 0 Å². The van der Waals surface area contributed by atoms with Gasteiger partial charge in [-0.05, 0) is 51.3 Å². The second-order valence-electron chi connectivity index (χ2n) is 7.62. The van der Waals surface area contributed by atoms with E-state index < -0.39 is 0 Å². The summed E-state index contributed by atoms with van der Waals surface area (Å²) in [5, 5.41) is 6.10. The van der Waals surface area contributed by atoms with Gasteiger partial charge in [0.05, 0.1) is 17.4 Å². The summed E-state index contributed by atoms with van der Waals surface area (Å²) in [6.07, 6.45) is 3.18. The Morgan fingerprint density at radius 1 is 0.929 bits per heavy atom. The van der Waals surface area contributed by atoms with Gasteiger partial charge in [-0.1, -0.05) is 48.5 Å². The maximum absolute atomic E-state index is 4.74. The van der Waals surface area contributed by atoms with Gasteiger partial charge < -0.3 is 14.8 Å². The largest absolute Gasteiger partial charge is 0.335 e. The van der Waals surface area contributed by atoms with Gasteiger partial charge in [-0.2, -0.15) is 0 Å². The predicted molar refractivity (Wildman–Crippen MR) is 118 cm³/mol. The van der Waals surface area contributed by atoms with Crippen LogP contribution in [0.4, 0.5) is 0 Å². The van der Waals surface area contributed by atoms with E-state index in [1.807, 2.05) is 6.20 Å². The molecule has 4 nitrogen and oxygen atoms in total. The van der Waals surface area contributed by atoms with Crippen LogP contribution in [0.1, 0.15) is 17.7 Å². The molecule has 0 spiro atoms. The molecule has 4 aromatic rings. The molecule has 0 bridgehead atoms. The summed E-state index contributed by atoms with van der Waals surface area (Å²) in [5.41, 5.74) is 4.86. The summed E-state index contributed by atoms with van der Waals surface area (Å²) < 4.78 is 2.38. The number of benzene rings is 2. The van der Waals surface area contributed by atoms with E-state index >= 15 is 0 Å². The van der Waals surface area contributed by atoms with E-state index in [9.17, 15) is 0 Å². The fourth-order valence-electron chi connectivity index (χ4n) is 3.76. The molecule has 4 rings (SSSR count). The molecule has 28 heavy (non-hydrogen) atoms. The van der Waals surface area contributed by atoms with Gasteiger partial charge >= 0.3 is 0 Å². The van der Waals surface area contributed by atoms with Crippen molar-refractivity contribution in [3.05, 3.63) is 78.1 Å². The van der Waals surface area contributed by atoms with Gasteiger partial charge in [0.1, 0.15) is 0 Å². The molecule has 0 aliphatic heterocycles. The molecule has 0 saturated carbocycles. The number of pyridine rings is 1. The van der Waals surface area contributed by atoms with Gasteiger partial charge in [0.15, 0.2) is 0 Å². The Kier molecular flexibility index (Phi) is 5.70.